The molecule has 0 aliphatic carbocycles. The smallest absolute Gasteiger partial charge is 0.339 e. The van der Waals surface area contributed by atoms with Crippen molar-refractivity contribution in [3.05, 3.63) is 98.2 Å². The Morgan fingerprint density at radius 2 is 1.72 bits per heavy atom. The van der Waals surface area contributed by atoms with Gasteiger partial charge in [0.1, 0.15) is 11.9 Å². The number of benzene rings is 2. The maximum atomic E-state index is 12.8. The summed E-state index contributed by atoms with van der Waals surface area (Å²) < 4.78 is 18.1. The van der Waals surface area contributed by atoms with Crippen LogP contribution in [0.5, 0.6) is 0 Å². The third kappa shape index (κ3) is 6.08. The molecule has 4 aromatic rings. The Morgan fingerprint density at radius 1 is 1.00 bits per heavy atom. The summed E-state index contributed by atoms with van der Waals surface area (Å²) in [5, 5.41) is 2.14. The lowest BCUT2D eigenvalue weighted by Gasteiger charge is -2.20. The second kappa shape index (κ2) is 13.1. The highest BCUT2D eigenvalue weighted by atomic mass is 35.5. The molecule has 0 N–H and O–H groups in total. The van der Waals surface area contributed by atoms with E-state index in [-0.39, 0.29) is 0 Å². The summed E-state index contributed by atoms with van der Waals surface area (Å²) >= 11 is 8.16. The summed E-state index contributed by atoms with van der Waals surface area (Å²) in [7, 11) is 4.31. The van der Waals surface area contributed by atoms with E-state index in [9.17, 15) is 9.59 Å². The number of methoxy groups -OCH3 is 3. The molecule has 2 aromatic carbocycles. The topological polar surface area (TPSA) is 79.7 Å². The van der Waals surface area contributed by atoms with Crippen molar-refractivity contribution in [1.29, 1.82) is 0 Å². The fourth-order valence-electron chi connectivity index (χ4n) is 4.60. The van der Waals surface area contributed by atoms with Crippen molar-refractivity contribution in [1.82, 2.24) is 9.55 Å². The van der Waals surface area contributed by atoms with Crippen molar-refractivity contribution in [3.63, 3.8) is 0 Å². The summed E-state index contributed by atoms with van der Waals surface area (Å²) in [6.45, 7) is 2.51. The van der Waals surface area contributed by atoms with Gasteiger partial charge in [0.2, 0.25) is 0 Å². The van der Waals surface area contributed by atoms with Crippen molar-refractivity contribution in [2.75, 3.05) is 21.3 Å². The van der Waals surface area contributed by atoms with Crippen LogP contribution in [0.25, 0.3) is 11.1 Å². The van der Waals surface area contributed by atoms with Gasteiger partial charge in [0.25, 0.3) is 0 Å². The van der Waals surface area contributed by atoms with Gasteiger partial charge in [-0.2, -0.15) is 0 Å². The van der Waals surface area contributed by atoms with Gasteiger partial charge >= 0.3 is 11.9 Å². The molecule has 0 fully saturated rings. The van der Waals surface area contributed by atoms with E-state index in [0.717, 1.165) is 35.4 Å². The van der Waals surface area contributed by atoms with Crippen LogP contribution in [0.4, 0.5) is 0 Å². The van der Waals surface area contributed by atoms with Gasteiger partial charge in [-0.3, -0.25) is 0 Å². The molecule has 0 saturated carbocycles. The monoisotopic (exact) mass is 566 g/mol. The standard InChI is InChI=1S/C30H31ClN2O5S/c1-5-6-12-24-32-28(31)25(26(36-2)27-22(15-16-39-27)29(34)37-3)33(24)18-19-13-14-21(20-10-8-7-9-11-20)23(17-19)30(35)38-4/h7-11,13-17,26H,5-6,12,18H2,1-4H3. The number of aromatic nitrogens is 2. The summed E-state index contributed by atoms with van der Waals surface area (Å²) in [5.74, 6) is -0.0513. The Kier molecular flexibility index (Phi) is 9.56. The van der Waals surface area contributed by atoms with Crippen molar-refractivity contribution in [2.45, 2.75) is 38.8 Å². The highest BCUT2D eigenvalue weighted by Gasteiger charge is 2.30. The number of hydrogen-bond donors (Lipinski definition) is 0. The third-order valence-corrected chi connectivity index (χ3v) is 7.77. The fourth-order valence-corrected chi connectivity index (χ4v) is 5.86. The molecule has 4 rings (SSSR count). The largest absolute Gasteiger partial charge is 0.465 e. The molecule has 0 amide bonds. The zero-order valence-corrected chi connectivity index (χ0v) is 24.0. The minimum Gasteiger partial charge on any atom is -0.465 e. The normalized spacial score (nSPS) is 11.8. The summed E-state index contributed by atoms with van der Waals surface area (Å²) in [5.41, 5.74) is 4.12. The number of ether oxygens (including phenoxy) is 3. The van der Waals surface area contributed by atoms with Crippen molar-refractivity contribution < 1.29 is 23.8 Å². The first-order valence-corrected chi connectivity index (χ1v) is 13.9. The highest BCUT2D eigenvalue weighted by molar-refractivity contribution is 7.10. The molecule has 204 valence electrons. The van der Waals surface area contributed by atoms with E-state index in [4.69, 9.17) is 30.8 Å². The molecule has 0 spiro atoms. The van der Waals surface area contributed by atoms with Crippen molar-refractivity contribution >= 4 is 34.9 Å². The number of carbonyl (C=O) groups is 2. The van der Waals surface area contributed by atoms with Gasteiger partial charge in [0, 0.05) is 20.1 Å². The second-order valence-corrected chi connectivity index (χ2v) is 10.2. The molecule has 1 unspecified atom stereocenters. The average Bonchev–Trinajstić information content (AvgIpc) is 3.57. The number of hydrogen-bond acceptors (Lipinski definition) is 7. The second-order valence-electron chi connectivity index (χ2n) is 8.94. The van der Waals surface area contributed by atoms with E-state index in [1.807, 2.05) is 58.5 Å². The van der Waals surface area contributed by atoms with Gasteiger partial charge in [-0.15, -0.1) is 11.3 Å². The summed E-state index contributed by atoms with van der Waals surface area (Å²) in [6.07, 6.45) is 1.99. The van der Waals surface area contributed by atoms with Gasteiger partial charge in [-0.25, -0.2) is 14.6 Å². The number of imidazole rings is 1. The first-order chi connectivity index (χ1) is 18.9. The lowest BCUT2D eigenvalue weighted by atomic mass is 9.97. The third-order valence-electron chi connectivity index (χ3n) is 6.53. The molecule has 0 radical (unpaired) electrons. The molecule has 9 heteroatoms. The maximum Gasteiger partial charge on any atom is 0.339 e. The van der Waals surface area contributed by atoms with E-state index >= 15 is 0 Å². The molecule has 2 aromatic heterocycles. The molecule has 1 atom stereocenters. The molecule has 0 saturated heterocycles. The van der Waals surface area contributed by atoms with Gasteiger partial charge in [-0.1, -0.05) is 67.4 Å². The van der Waals surface area contributed by atoms with Crippen molar-refractivity contribution in [3.8, 4) is 11.1 Å². The SMILES string of the molecule is CCCCc1nc(Cl)c(C(OC)c2sccc2C(=O)OC)n1Cc1ccc(-c2ccccc2)c(C(=O)OC)c1. The Labute approximate surface area is 237 Å². The van der Waals surface area contributed by atoms with E-state index in [0.29, 0.717) is 39.8 Å². The number of nitrogens with zero attached hydrogens (tertiary/aromatic N) is 2. The molecule has 0 bridgehead atoms. The van der Waals surface area contributed by atoms with Gasteiger partial charge < -0.3 is 18.8 Å². The van der Waals surface area contributed by atoms with Crippen LogP contribution in [-0.2, 0) is 27.2 Å². The van der Waals surface area contributed by atoms with Crippen LogP contribution in [0.2, 0.25) is 5.15 Å². The minimum atomic E-state index is -0.641. The molecule has 39 heavy (non-hydrogen) atoms. The first kappa shape index (κ1) is 28.5. The average molecular weight is 567 g/mol. The minimum absolute atomic E-state index is 0.311. The summed E-state index contributed by atoms with van der Waals surface area (Å²) in [4.78, 5) is 30.7. The zero-order valence-electron chi connectivity index (χ0n) is 22.4. The molecular weight excluding hydrogens is 536 g/mol. The predicted octanol–water partition coefficient (Wildman–Crippen LogP) is 6.96. The zero-order chi connectivity index (χ0) is 27.9. The van der Waals surface area contributed by atoms with Crippen LogP contribution in [0, 0.1) is 0 Å². The van der Waals surface area contributed by atoms with Crippen LogP contribution < -0.4 is 0 Å². The van der Waals surface area contributed by atoms with Gasteiger partial charge in [0.05, 0.1) is 35.9 Å². The van der Waals surface area contributed by atoms with E-state index in [2.05, 4.69) is 6.92 Å². The molecule has 0 aliphatic heterocycles. The van der Waals surface area contributed by atoms with Crippen LogP contribution >= 0.6 is 22.9 Å². The molecular formula is C30H31ClN2O5S. The predicted molar refractivity (Wildman–Crippen MR) is 153 cm³/mol. The number of carbonyl (C=O) groups excluding carboxylic acids is 2. The highest BCUT2D eigenvalue weighted by Crippen LogP contribution is 2.37. The quantitative estimate of drug-likeness (QED) is 0.182. The number of halogens is 1. The first-order valence-electron chi connectivity index (χ1n) is 12.6. The van der Waals surface area contributed by atoms with Crippen LogP contribution in [0.3, 0.4) is 0 Å². The van der Waals surface area contributed by atoms with Crippen LogP contribution in [-0.4, -0.2) is 42.8 Å². The number of rotatable bonds is 11. The maximum absolute atomic E-state index is 12.8. The number of unbranched alkanes of at least 4 members (excludes halogenated alkanes) is 1. The lowest BCUT2D eigenvalue weighted by molar-refractivity contribution is 0.0587. The van der Waals surface area contributed by atoms with Gasteiger partial charge in [-0.05, 0) is 40.6 Å². The van der Waals surface area contributed by atoms with Crippen molar-refractivity contribution in [2.24, 2.45) is 0 Å². The van der Waals surface area contributed by atoms with E-state index in [1.54, 1.807) is 13.2 Å². The van der Waals surface area contributed by atoms with E-state index in [1.165, 1.54) is 25.6 Å². The molecule has 2 heterocycles. The molecule has 0 aliphatic rings. The molecule has 7 nitrogen and oxygen atoms in total. The summed E-state index contributed by atoms with van der Waals surface area (Å²) in [6, 6.07) is 17.2. The Morgan fingerprint density at radius 3 is 2.38 bits per heavy atom. The Balaban J connectivity index is 1.82. The van der Waals surface area contributed by atoms with E-state index < -0.39 is 18.0 Å². The number of thiophene rings is 1. The number of esters is 2. The Hall–Kier alpha value is -3.46. The Bertz CT molecular complexity index is 1450. The lowest BCUT2D eigenvalue weighted by Crippen LogP contribution is -2.16. The van der Waals surface area contributed by atoms with Crippen LogP contribution in [0.1, 0.15) is 68.5 Å². The van der Waals surface area contributed by atoms with Crippen LogP contribution in [0.15, 0.2) is 60.0 Å². The fraction of sp³-hybridized carbons (Fsp3) is 0.300. The number of aryl methyl sites for hydroxylation is 1. The van der Waals surface area contributed by atoms with Gasteiger partial charge in [0.15, 0.2) is 5.15 Å².